The Kier molecular flexibility index (Phi) is 2.99. The Morgan fingerprint density at radius 2 is 2.35 bits per heavy atom. The Labute approximate surface area is 96.6 Å². The van der Waals surface area contributed by atoms with Crippen molar-refractivity contribution in [3.8, 4) is 0 Å². The van der Waals surface area contributed by atoms with E-state index in [4.69, 9.17) is 5.11 Å². The fourth-order valence-electron chi connectivity index (χ4n) is 1.29. The fraction of sp³-hybridized carbons (Fsp3) is 0.200. The lowest BCUT2D eigenvalue weighted by atomic mass is 10.3. The van der Waals surface area contributed by atoms with Crippen molar-refractivity contribution in [1.29, 1.82) is 0 Å². The number of imidazole rings is 1. The molecule has 2 aromatic rings. The van der Waals surface area contributed by atoms with Crippen LogP contribution in [-0.2, 0) is 4.79 Å². The topological polar surface area (TPSA) is 104 Å². The molecular formula is C10H11N5O2. The summed E-state index contributed by atoms with van der Waals surface area (Å²) in [5.41, 5.74) is 1.56. The summed E-state index contributed by atoms with van der Waals surface area (Å²) in [6.07, 6.45) is 4.51. The maximum Gasteiger partial charge on any atom is 0.331 e. The van der Waals surface area contributed by atoms with Gasteiger partial charge < -0.3 is 15.4 Å². The summed E-state index contributed by atoms with van der Waals surface area (Å²) < 4.78 is 0. The van der Waals surface area contributed by atoms with Gasteiger partial charge in [0.25, 0.3) is 0 Å². The van der Waals surface area contributed by atoms with Gasteiger partial charge in [-0.15, -0.1) is 0 Å². The van der Waals surface area contributed by atoms with Gasteiger partial charge in [0.15, 0.2) is 11.5 Å². The molecule has 2 rings (SSSR count). The van der Waals surface area contributed by atoms with Crippen molar-refractivity contribution < 1.29 is 9.90 Å². The lowest BCUT2D eigenvalue weighted by Crippen LogP contribution is -2.05. The second kappa shape index (κ2) is 4.60. The van der Waals surface area contributed by atoms with E-state index in [1.165, 1.54) is 19.6 Å². The van der Waals surface area contributed by atoms with Crippen LogP contribution in [0.4, 0.5) is 5.82 Å². The third-order valence-electron chi connectivity index (χ3n) is 2.24. The third-order valence-corrected chi connectivity index (χ3v) is 2.24. The van der Waals surface area contributed by atoms with Crippen molar-refractivity contribution in [2.24, 2.45) is 0 Å². The summed E-state index contributed by atoms with van der Waals surface area (Å²) in [7, 11) is 0. The van der Waals surface area contributed by atoms with E-state index in [9.17, 15) is 4.79 Å². The molecule has 0 spiro atoms. The molecule has 0 aliphatic heterocycles. The first-order valence-corrected chi connectivity index (χ1v) is 4.96. The number of carboxylic acids is 1. The van der Waals surface area contributed by atoms with E-state index in [1.807, 2.05) is 0 Å². The Morgan fingerprint density at radius 3 is 3.12 bits per heavy atom. The van der Waals surface area contributed by atoms with Crippen molar-refractivity contribution in [3.05, 3.63) is 24.3 Å². The van der Waals surface area contributed by atoms with Gasteiger partial charge in [-0.1, -0.05) is 6.08 Å². The normalized spacial score (nSPS) is 11.7. The van der Waals surface area contributed by atoms with Gasteiger partial charge in [-0.3, -0.25) is 0 Å². The summed E-state index contributed by atoms with van der Waals surface area (Å²) >= 11 is 0. The molecule has 0 saturated heterocycles. The van der Waals surface area contributed by atoms with Gasteiger partial charge in [0, 0.05) is 12.1 Å². The molecule has 0 bridgehead atoms. The van der Waals surface area contributed by atoms with Crippen LogP contribution in [0.25, 0.3) is 11.2 Å². The summed E-state index contributed by atoms with van der Waals surface area (Å²) in [4.78, 5) is 25.5. The molecule has 0 aliphatic carbocycles. The predicted molar refractivity (Wildman–Crippen MR) is 61.6 cm³/mol. The lowest BCUT2D eigenvalue weighted by molar-refractivity contribution is -0.132. The van der Waals surface area contributed by atoms with Gasteiger partial charge >= 0.3 is 5.97 Å². The Morgan fingerprint density at radius 1 is 1.53 bits per heavy atom. The number of aliphatic carboxylic acids is 1. The quantitative estimate of drug-likeness (QED) is 0.674. The van der Waals surface area contributed by atoms with E-state index in [1.54, 1.807) is 6.08 Å². The van der Waals surface area contributed by atoms with E-state index in [-0.39, 0.29) is 5.57 Å². The van der Waals surface area contributed by atoms with Crippen LogP contribution in [0.3, 0.4) is 0 Å². The molecule has 0 radical (unpaired) electrons. The molecule has 2 aromatic heterocycles. The SMILES string of the molecule is C/C(=C/CNc1ncnc2nc[nH]c12)C(=O)O. The number of aromatic amines is 1. The number of anilines is 1. The van der Waals surface area contributed by atoms with Gasteiger partial charge in [0.2, 0.25) is 0 Å². The second-order valence-electron chi connectivity index (χ2n) is 3.40. The standard InChI is InChI=1S/C10H11N5O2/c1-6(10(16)17)2-3-11-8-7-9(13-4-12-7)15-5-14-8/h2,4-5H,3H2,1H3,(H,16,17)(H2,11,12,13,14,15)/b6-2-. The van der Waals surface area contributed by atoms with E-state index < -0.39 is 5.97 Å². The monoisotopic (exact) mass is 233 g/mol. The number of aromatic nitrogens is 4. The molecule has 0 fully saturated rings. The minimum atomic E-state index is -0.929. The van der Waals surface area contributed by atoms with E-state index in [0.29, 0.717) is 23.5 Å². The van der Waals surface area contributed by atoms with Crippen LogP contribution in [0.15, 0.2) is 24.3 Å². The number of carboxylic acid groups (broad SMARTS) is 1. The number of H-pyrrole nitrogens is 1. The first kappa shape index (κ1) is 11.1. The molecule has 0 aromatic carbocycles. The van der Waals surface area contributed by atoms with Gasteiger partial charge in [-0.2, -0.15) is 0 Å². The molecule has 0 unspecified atom stereocenters. The summed E-state index contributed by atoms with van der Waals surface area (Å²) in [5, 5.41) is 11.7. The molecule has 17 heavy (non-hydrogen) atoms. The summed E-state index contributed by atoms with van der Waals surface area (Å²) in [5.74, 6) is -0.330. The zero-order valence-corrected chi connectivity index (χ0v) is 9.14. The molecule has 0 atom stereocenters. The number of carbonyl (C=O) groups is 1. The van der Waals surface area contributed by atoms with Crippen molar-refractivity contribution in [1.82, 2.24) is 19.9 Å². The Bertz CT molecular complexity index is 575. The van der Waals surface area contributed by atoms with Crippen LogP contribution in [0.2, 0.25) is 0 Å². The zero-order chi connectivity index (χ0) is 12.3. The summed E-state index contributed by atoms with van der Waals surface area (Å²) in [6.45, 7) is 1.92. The fourth-order valence-corrected chi connectivity index (χ4v) is 1.29. The van der Waals surface area contributed by atoms with Crippen LogP contribution in [0.5, 0.6) is 0 Å². The first-order valence-electron chi connectivity index (χ1n) is 4.96. The van der Waals surface area contributed by atoms with Crippen LogP contribution in [0, 0.1) is 0 Å². The van der Waals surface area contributed by atoms with Gasteiger partial charge in [0.05, 0.1) is 6.33 Å². The molecule has 0 aliphatic rings. The lowest BCUT2D eigenvalue weighted by Gasteiger charge is -2.02. The number of nitrogens with zero attached hydrogens (tertiary/aromatic N) is 3. The highest BCUT2D eigenvalue weighted by molar-refractivity contribution is 5.86. The van der Waals surface area contributed by atoms with Crippen LogP contribution < -0.4 is 5.32 Å². The van der Waals surface area contributed by atoms with Crippen molar-refractivity contribution >= 4 is 23.0 Å². The average Bonchev–Trinajstić information content (AvgIpc) is 2.77. The van der Waals surface area contributed by atoms with Gasteiger partial charge in [0.1, 0.15) is 11.8 Å². The molecular weight excluding hydrogens is 222 g/mol. The second-order valence-corrected chi connectivity index (χ2v) is 3.40. The predicted octanol–water partition coefficient (Wildman–Crippen LogP) is 0.796. The molecule has 3 N–H and O–H groups in total. The third kappa shape index (κ3) is 2.39. The van der Waals surface area contributed by atoms with E-state index in [0.717, 1.165) is 0 Å². The minimum absolute atomic E-state index is 0.285. The molecule has 88 valence electrons. The smallest absolute Gasteiger partial charge is 0.331 e. The van der Waals surface area contributed by atoms with Crippen LogP contribution in [-0.4, -0.2) is 37.6 Å². The molecule has 2 heterocycles. The van der Waals surface area contributed by atoms with Crippen molar-refractivity contribution in [2.75, 3.05) is 11.9 Å². The highest BCUT2D eigenvalue weighted by Gasteiger charge is 2.04. The van der Waals surface area contributed by atoms with Gasteiger partial charge in [-0.25, -0.2) is 19.7 Å². The van der Waals surface area contributed by atoms with E-state index >= 15 is 0 Å². The number of fused-ring (bicyclic) bond motifs is 1. The highest BCUT2D eigenvalue weighted by atomic mass is 16.4. The Hall–Kier alpha value is -2.44. The maximum atomic E-state index is 10.6. The number of hydrogen-bond donors (Lipinski definition) is 3. The first-order chi connectivity index (χ1) is 8.18. The van der Waals surface area contributed by atoms with Crippen LogP contribution in [0.1, 0.15) is 6.92 Å². The molecule has 7 heteroatoms. The average molecular weight is 233 g/mol. The van der Waals surface area contributed by atoms with Crippen molar-refractivity contribution in [2.45, 2.75) is 6.92 Å². The van der Waals surface area contributed by atoms with Crippen molar-refractivity contribution in [3.63, 3.8) is 0 Å². The zero-order valence-electron chi connectivity index (χ0n) is 9.14. The highest BCUT2D eigenvalue weighted by Crippen LogP contribution is 2.13. The Balaban J connectivity index is 2.12. The van der Waals surface area contributed by atoms with E-state index in [2.05, 4.69) is 25.3 Å². The number of hydrogen-bond acceptors (Lipinski definition) is 5. The minimum Gasteiger partial charge on any atom is -0.478 e. The van der Waals surface area contributed by atoms with Crippen LogP contribution >= 0.6 is 0 Å². The largest absolute Gasteiger partial charge is 0.478 e. The number of rotatable bonds is 4. The van der Waals surface area contributed by atoms with Gasteiger partial charge in [-0.05, 0) is 6.92 Å². The molecule has 0 saturated carbocycles. The number of nitrogens with one attached hydrogen (secondary N) is 2. The summed E-state index contributed by atoms with van der Waals surface area (Å²) in [6, 6.07) is 0. The molecule has 7 nitrogen and oxygen atoms in total. The molecule has 0 amide bonds. The maximum absolute atomic E-state index is 10.6.